The van der Waals surface area contributed by atoms with Crippen LogP contribution in [0.15, 0.2) is 9.24 Å². The van der Waals surface area contributed by atoms with Crippen LogP contribution in [-0.4, -0.2) is 4.98 Å². The number of nitrogens with zero attached hydrogens (tertiary/aromatic N) is 1. The Labute approximate surface area is 61.9 Å². The van der Waals surface area contributed by atoms with Crippen molar-refractivity contribution in [1.29, 1.82) is 0 Å². The largest absolute Gasteiger partial charge is 0.375 e. The maximum Gasteiger partial charge on any atom is 0.182 e. The molecule has 1 heterocycles. The van der Waals surface area contributed by atoms with Gasteiger partial charge in [-0.15, -0.1) is 25.3 Å². The highest BCUT2D eigenvalue weighted by molar-refractivity contribution is 7.85. The lowest BCUT2D eigenvalue weighted by molar-refractivity contribution is 1.15. The molecule has 0 spiro atoms. The first-order valence-electron chi connectivity index (χ1n) is 1.84. The summed E-state index contributed by atoms with van der Waals surface area (Å²) in [7, 11) is 0. The number of hydrogen-bond donors (Lipinski definition) is 3. The zero-order valence-electron chi connectivity index (χ0n) is 3.83. The molecule has 0 aliphatic carbocycles. The van der Waals surface area contributed by atoms with Gasteiger partial charge in [-0.1, -0.05) is 11.3 Å². The van der Waals surface area contributed by atoms with Gasteiger partial charge in [0, 0.05) is 0 Å². The summed E-state index contributed by atoms with van der Waals surface area (Å²) in [5.74, 6) is 0. The topological polar surface area (TPSA) is 38.9 Å². The zero-order chi connectivity index (χ0) is 6.15. The summed E-state index contributed by atoms with van der Waals surface area (Å²) in [5, 5.41) is 1.12. The Hall–Kier alpha value is 0.130. The third-order valence-corrected chi connectivity index (χ3v) is 2.43. The molecule has 0 atom stereocenters. The van der Waals surface area contributed by atoms with E-state index in [1.165, 1.54) is 11.3 Å². The molecule has 44 valence electrons. The summed E-state index contributed by atoms with van der Waals surface area (Å²) < 4.78 is 0.769. The monoisotopic (exact) mass is 164 g/mol. The summed E-state index contributed by atoms with van der Waals surface area (Å²) >= 11 is 9.30. The fraction of sp³-hybridized carbons (Fsp3) is 0. The molecule has 0 fully saturated rings. The van der Waals surface area contributed by atoms with Crippen LogP contribution >= 0.6 is 36.6 Å². The fourth-order valence-corrected chi connectivity index (χ4v) is 1.43. The Morgan fingerprint density at radius 1 is 1.50 bits per heavy atom. The number of hydrogen-bond acceptors (Lipinski definition) is 5. The lowest BCUT2D eigenvalue weighted by Gasteiger charge is -1.75. The second-order valence-electron chi connectivity index (χ2n) is 1.18. The lowest BCUT2D eigenvalue weighted by Crippen LogP contribution is -1.78. The third-order valence-electron chi connectivity index (χ3n) is 0.609. The van der Waals surface area contributed by atoms with E-state index >= 15 is 0 Å². The number of nitrogen functional groups attached to an aromatic ring is 1. The minimum atomic E-state index is 0.514. The highest BCUT2D eigenvalue weighted by atomic mass is 32.2. The van der Waals surface area contributed by atoms with E-state index in [0.717, 1.165) is 4.21 Å². The van der Waals surface area contributed by atoms with Gasteiger partial charge in [-0.05, 0) is 0 Å². The van der Waals surface area contributed by atoms with Crippen molar-refractivity contribution in [3.05, 3.63) is 0 Å². The zero-order valence-corrected chi connectivity index (χ0v) is 6.43. The molecule has 1 rings (SSSR count). The molecule has 0 saturated heterocycles. The SMILES string of the molecule is Nc1nc(S)c(S)s1. The summed E-state index contributed by atoms with van der Waals surface area (Å²) in [6, 6.07) is 0. The second kappa shape index (κ2) is 2.16. The van der Waals surface area contributed by atoms with Crippen molar-refractivity contribution in [2.24, 2.45) is 0 Å². The van der Waals surface area contributed by atoms with Crippen LogP contribution in [0.1, 0.15) is 0 Å². The van der Waals surface area contributed by atoms with E-state index < -0.39 is 0 Å². The normalized spacial score (nSPS) is 9.75. The van der Waals surface area contributed by atoms with E-state index in [-0.39, 0.29) is 0 Å². The average Bonchev–Trinajstić information content (AvgIpc) is 1.85. The molecule has 0 aliphatic rings. The second-order valence-corrected chi connectivity index (χ2v) is 3.38. The predicted octanol–water partition coefficient (Wildman–Crippen LogP) is 1.30. The molecule has 2 nitrogen and oxygen atoms in total. The van der Waals surface area contributed by atoms with Gasteiger partial charge in [-0.3, -0.25) is 0 Å². The van der Waals surface area contributed by atoms with Crippen molar-refractivity contribution < 1.29 is 0 Å². The molecule has 0 radical (unpaired) electrons. The van der Waals surface area contributed by atoms with Gasteiger partial charge < -0.3 is 5.73 Å². The number of thiol groups is 2. The predicted molar refractivity (Wildman–Crippen MR) is 41.0 cm³/mol. The molecule has 8 heavy (non-hydrogen) atoms. The maximum absolute atomic E-state index is 5.29. The van der Waals surface area contributed by atoms with E-state index in [0.29, 0.717) is 10.2 Å². The Morgan fingerprint density at radius 2 is 2.12 bits per heavy atom. The van der Waals surface area contributed by atoms with Gasteiger partial charge in [0.1, 0.15) is 5.03 Å². The first-order valence-corrected chi connectivity index (χ1v) is 3.55. The van der Waals surface area contributed by atoms with Crippen LogP contribution in [0.2, 0.25) is 0 Å². The van der Waals surface area contributed by atoms with E-state index in [9.17, 15) is 0 Å². The van der Waals surface area contributed by atoms with Crippen molar-refractivity contribution in [3.63, 3.8) is 0 Å². The number of aromatic nitrogens is 1. The smallest absolute Gasteiger partial charge is 0.182 e. The van der Waals surface area contributed by atoms with Crippen LogP contribution in [-0.2, 0) is 0 Å². The summed E-state index contributed by atoms with van der Waals surface area (Å²) in [4.78, 5) is 3.79. The molecule has 5 heteroatoms. The first-order chi connectivity index (χ1) is 3.70. The van der Waals surface area contributed by atoms with Crippen LogP contribution in [0.4, 0.5) is 5.13 Å². The van der Waals surface area contributed by atoms with Crippen LogP contribution in [0.3, 0.4) is 0 Å². The first kappa shape index (κ1) is 6.25. The van der Waals surface area contributed by atoms with Gasteiger partial charge in [0.15, 0.2) is 5.13 Å². The molecular weight excluding hydrogens is 160 g/mol. The molecule has 0 saturated carbocycles. The van der Waals surface area contributed by atoms with Gasteiger partial charge >= 0.3 is 0 Å². The van der Waals surface area contributed by atoms with Crippen molar-refractivity contribution >= 4 is 41.7 Å². The van der Waals surface area contributed by atoms with Crippen LogP contribution in [0.5, 0.6) is 0 Å². The van der Waals surface area contributed by atoms with E-state index in [4.69, 9.17) is 5.73 Å². The van der Waals surface area contributed by atoms with Crippen LogP contribution in [0.25, 0.3) is 0 Å². The molecule has 0 unspecified atom stereocenters. The van der Waals surface area contributed by atoms with Gasteiger partial charge in [0.25, 0.3) is 0 Å². The quantitative estimate of drug-likeness (QED) is 0.506. The minimum absolute atomic E-state index is 0.514. The van der Waals surface area contributed by atoms with E-state index in [1.807, 2.05) is 0 Å². The molecule has 0 aliphatic heterocycles. The van der Waals surface area contributed by atoms with Gasteiger partial charge in [0.2, 0.25) is 0 Å². The number of anilines is 1. The molecule has 0 amide bonds. The van der Waals surface area contributed by atoms with E-state index in [2.05, 4.69) is 30.2 Å². The van der Waals surface area contributed by atoms with Crippen LogP contribution in [0, 0.1) is 0 Å². The lowest BCUT2D eigenvalue weighted by atomic mass is 11.0. The van der Waals surface area contributed by atoms with Gasteiger partial charge in [0.05, 0.1) is 4.21 Å². The van der Waals surface area contributed by atoms with Crippen LogP contribution < -0.4 is 5.73 Å². The summed E-state index contributed by atoms with van der Waals surface area (Å²) in [6.45, 7) is 0. The number of nitrogens with two attached hydrogens (primary N) is 1. The fourth-order valence-electron chi connectivity index (χ4n) is 0.320. The molecule has 1 aromatic heterocycles. The Balaban J connectivity index is 3.14. The molecule has 0 aromatic carbocycles. The Kier molecular flexibility index (Phi) is 1.69. The maximum atomic E-state index is 5.29. The average molecular weight is 164 g/mol. The standard InChI is InChI=1S/C3H4N2S3/c4-3-5-1(6)2(7)8-3/h6-7H,(H2,4,5). The highest BCUT2D eigenvalue weighted by Gasteiger charge is 1.98. The van der Waals surface area contributed by atoms with Crippen molar-refractivity contribution in [2.75, 3.05) is 5.73 Å². The number of thiazole rings is 1. The summed E-state index contributed by atoms with van der Waals surface area (Å²) in [6.07, 6.45) is 0. The van der Waals surface area contributed by atoms with E-state index in [1.54, 1.807) is 0 Å². The number of rotatable bonds is 0. The van der Waals surface area contributed by atoms with Gasteiger partial charge in [-0.2, -0.15) is 0 Å². The van der Waals surface area contributed by atoms with Crippen molar-refractivity contribution in [3.8, 4) is 0 Å². The molecule has 2 N–H and O–H groups in total. The van der Waals surface area contributed by atoms with Crippen molar-refractivity contribution in [1.82, 2.24) is 4.98 Å². The third kappa shape index (κ3) is 1.10. The Bertz CT molecular complexity index is 175. The van der Waals surface area contributed by atoms with Gasteiger partial charge in [-0.25, -0.2) is 4.98 Å². The molecule has 0 bridgehead atoms. The minimum Gasteiger partial charge on any atom is -0.375 e. The molecular formula is C3H4N2S3. The summed E-state index contributed by atoms with van der Waals surface area (Å²) in [5.41, 5.74) is 5.29. The highest BCUT2D eigenvalue weighted by Crippen LogP contribution is 2.25. The van der Waals surface area contributed by atoms with Crippen molar-refractivity contribution in [2.45, 2.75) is 9.24 Å². The molecule has 1 aromatic rings. The Morgan fingerprint density at radius 3 is 2.25 bits per heavy atom.